The molecule has 0 radical (unpaired) electrons. The average molecular weight is 352 g/mol. The number of hydrogen-bond acceptors (Lipinski definition) is 3. The Hall–Kier alpha value is -2.82. The van der Waals surface area contributed by atoms with Crippen LogP contribution in [0.1, 0.15) is 43.4 Å². The molecule has 3 rings (SSSR count). The molecule has 0 saturated heterocycles. The van der Waals surface area contributed by atoms with Gasteiger partial charge in [0.2, 0.25) is 5.91 Å². The Bertz CT molecular complexity index is 938. The number of para-hydroxylation sites is 2. The number of nitrogens with one attached hydrogen (secondary N) is 1. The number of nitrogens with zero attached hydrogens (tertiary/aromatic N) is 1. The van der Waals surface area contributed by atoms with Crippen molar-refractivity contribution in [1.29, 1.82) is 0 Å². The number of rotatable bonds is 7. The monoisotopic (exact) mass is 352 g/mol. The predicted molar refractivity (Wildman–Crippen MR) is 102 cm³/mol. The fraction of sp³-hybridized carbons (Fsp3) is 0.333. The summed E-state index contributed by atoms with van der Waals surface area (Å²) in [5, 5.41) is 3.08. The third-order valence-electron chi connectivity index (χ3n) is 4.58. The molecule has 0 spiro atoms. The van der Waals surface area contributed by atoms with Crippen molar-refractivity contribution < 1.29 is 9.21 Å². The van der Waals surface area contributed by atoms with Crippen molar-refractivity contribution in [2.24, 2.45) is 0 Å². The van der Waals surface area contributed by atoms with Gasteiger partial charge < -0.3 is 9.73 Å². The zero-order valence-electron chi connectivity index (χ0n) is 15.2. The first-order valence-electron chi connectivity index (χ1n) is 9.02. The number of oxazole rings is 1. The Balaban J connectivity index is 1.57. The molecular weight excluding hydrogens is 328 g/mol. The largest absolute Gasteiger partial charge is 0.419 e. The van der Waals surface area contributed by atoms with Crippen LogP contribution in [0, 0.1) is 6.92 Å². The molecule has 0 bridgehead atoms. The highest BCUT2D eigenvalue weighted by atomic mass is 16.4. The van der Waals surface area contributed by atoms with Crippen LogP contribution >= 0.6 is 0 Å². The van der Waals surface area contributed by atoms with E-state index in [-0.39, 0.29) is 17.7 Å². The fourth-order valence-electron chi connectivity index (χ4n) is 3.11. The number of fused-ring (bicyclic) bond motifs is 1. The Morgan fingerprint density at radius 2 is 1.88 bits per heavy atom. The van der Waals surface area contributed by atoms with E-state index < -0.39 is 0 Å². The Morgan fingerprint density at radius 1 is 1.15 bits per heavy atom. The van der Waals surface area contributed by atoms with E-state index in [1.807, 2.05) is 25.1 Å². The van der Waals surface area contributed by atoms with Gasteiger partial charge in [-0.15, -0.1) is 0 Å². The molecule has 0 fully saturated rings. The summed E-state index contributed by atoms with van der Waals surface area (Å²) in [4.78, 5) is 24.3. The van der Waals surface area contributed by atoms with E-state index in [1.165, 1.54) is 5.56 Å². The highest BCUT2D eigenvalue weighted by Crippen LogP contribution is 2.17. The van der Waals surface area contributed by atoms with Crippen molar-refractivity contribution in [1.82, 2.24) is 9.88 Å². The number of hydrogen-bond donors (Lipinski definition) is 1. The van der Waals surface area contributed by atoms with Gasteiger partial charge in [-0.3, -0.25) is 9.36 Å². The summed E-state index contributed by atoms with van der Waals surface area (Å²) in [6.07, 6.45) is 1.79. The predicted octanol–water partition coefficient (Wildman–Crippen LogP) is 3.95. The second kappa shape index (κ2) is 8.04. The molecule has 0 aliphatic heterocycles. The van der Waals surface area contributed by atoms with Crippen LogP contribution in [-0.4, -0.2) is 10.5 Å². The van der Waals surface area contributed by atoms with Crippen LogP contribution in [0.15, 0.2) is 57.7 Å². The minimum atomic E-state index is -0.377. The SMILES string of the molecule is CC[C@@H](NC(=O)CCCn1c(=O)oc2ccccc21)c1ccc(C)cc1. The van der Waals surface area contributed by atoms with Gasteiger partial charge in [0.05, 0.1) is 11.6 Å². The van der Waals surface area contributed by atoms with Gasteiger partial charge in [-0.25, -0.2) is 4.79 Å². The summed E-state index contributed by atoms with van der Waals surface area (Å²) in [7, 11) is 0. The molecule has 136 valence electrons. The van der Waals surface area contributed by atoms with Gasteiger partial charge in [0.1, 0.15) is 0 Å². The van der Waals surface area contributed by atoms with Gasteiger partial charge in [-0.2, -0.15) is 0 Å². The molecule has 0 unspecified atom stereocenters. The minimum Gasteiger partial charge on any atom is -0.408 e. The van der Waals surface area contributed by atoms with E-state index in [0.29, 0.717) is 25.0 Å². The maximum absolute atomic E-state index is 12.3. The van der Waals surface area contributed by atoms with Crippen LogP contribution in [-0.2, 0) is 11.3 Å². The van der Waals surface area contributed by atoms with E-state index in [4.69, 9.17) is 4.42 Å². The summed E-state index contributed by atoms with van der Waals surface area (Å²) in [6, 6.07) is 15.6. The molecule has 1 atom stereocenters. The average Bonchev–Trinajstić information content (AvgIpc) is 2.96. The lowest BCUT2D eigenvalue weighted by Gasteiger charge is -2.17. The van der Waals surface area contributed by atoms with Crippen LogP contribution in [0.2, 0.25) is 0 Å². The van der Waals surface area contributed by atoms with Crippen LogP contribution in [0.25, 0.3) is 11.1 Å². The van der Waals surface area contributed by atoms with Gasteiger partial charge in [0, 0.05) is 13.0 Å². The molecule has 1 heterocycles. The van der Waals surface area contributed by atoms with Crippen molar-refractivity contribution in [2.45, 2.75) is 45.7 Å². The molecule has 0 aliphatic carbocycles. The molecule has 26 heavy (non-hydrogen) atoms. The van der Waals surface area contributed by atoms with Crippen molar-refractivity contribution in [3.63, 3.8) is 0 Å². The van der Waals surface area contributed by atoms with E-state index >= 15 is 0 Å². The number of aryl methyl sites for hydroxylation is 2. The summed E-state index contributed by atoms with van der Waals surface area (Å²) in [5.74, 6) is -0.379. The molecule has 1 N–H and O–H groups in total. The number of carbonyl (C=O) groups is 1. The number of amides is 1. The summed E-state index contributed by atoms with van der Waals surface area (Å²) >= 11 is 0. The lowest BCUT2D eigenvalue weighted by molar-refractivity contribution is -0.122. The van der Waals surface area contributed by atoms with Crippen molar-refractivity contribution >= 4 is 17.0 Å². The zero-order chi connectivity index (χ0) is 18.5. The molecule has 3 aromatic rings. The van der Waals surface area contributed by atoms with Crippen molar-refractivity contribution in [3.8, 4) is 0 Å². The van der Waals surface area contributed by atoms with Gasteiger partial charge >= 0.3 is 5.76 Å². The molecule has 0 aliphatic rings. The van der Waals surface area contributed by atoms with Gasteiger partial charge in [0.15, 0.2) is 5.58 Å². The van der Waals surface area contributed by atoms with E-state index in [0.717, 1.165) is 17.5 Å². The topological polar surface area (TPSA) is 64.2 Å². The highest BCUT2D eigenvalue weighted by molar-refractivity contribution is 5.76. The van der Waals surface area contributed by atoms with E-state index in [1.54, 1.807) is 10.6 Å². The Kier molecular flexibility index (Phi) is 5.56. The fourth-order valence-corrected chi connectivity index (χ4v) is 3.11. The molecular formula is C21H24N2O3. The quantitative estimate of drug-likeness (QED) is 0.700. The lowest BCUT2D eigenvalue weighted by atomic mass is 10.0. The van der Waals surface area contributed by atoms with Gasteiger partial charge in [0.25, 0.3) is 0 Å². The summed E-state index contributed by atoms with van der Waals surface area (Å²) in [6.45, 7) is 4.57. The second-order valence-electron chi connectivity index (χ2n) is 6.53. The molecule has 0 saturated carbocycles. The second-order valence-corrected chi connectivity index (χ2v) is 6.53. The maximum Gasteiger partial charge on any atom is 0.419 e. The highest BCUT2D eigenvalue weighted by Gasteiger charge is 2.13. The van der Waals surface area contributed by atoms with Crippen LogP contribution in [0.3, 0.4) is 0 Å². The molecule has 5 heteroatoms. The third kappa shape index (κ3) is 4.04. The third-order valence-corrected chi connectivity index (χ3v) is 4.58. The Morgan fingerprint density at radius 3 is 2.62 bits per heavy atom. The van der Waals surface area contributed by atoms with Crippen LogP contribution < -0.4 is 11.1 Å². The van der Waals surface area contributed by atoms with Crippen molar-refractivity contribution in [3.05, 3.63) is 70.2 Å². The van der Waals surface area contributed by atoms with Crippen LogP contribution in [0.5, 0.6) is 0 Å². The van der Waals surface area contributed by atoms with Gasteiger partial charge in [-0.05, 0) is 37.5 Å². The minimum absolute atomic E-state index is 0.00160. The molecule has 1 amide bonds. The van der Waals surface area contributed by atoms with E-state index in [9.17, 15) is 9.59 Å². The molecule has 2 aromatic carbocycles. The smallest absolute Gasteiger partial charge is 0.408 e. The number of carbonyl (C=O) groups excluding carboxylic acids is 1. The summed E-state index contributed by atoms with van der Waals surface area (Å²) < 4.78 is 6.80. The summed E-state index contributed by atoms with van der Waals surface area (Å²) in [5.41, 5.74) is 3.66. The maximum atomic E-state index is 12.3. The first kappa shape index (κ1) is 18.0. The normalized spacial score (nSPS) is 12.2. The van der Waals surface area contributed by atoms with Crippen LogP contribution in [0.4, 0.5) is 0 Å². The number of benzene rings is 2. The lowest BCUT2D eigenvalue weighted by Crippen LogP contribution is -2.28. The first-order chi connectivity index (χ1) is 12.6. The molecule has 1 aromatic heterocycles. The zero-order valence-corrected chi connectivity index (χ0v) is 15.2. The van der Waals surface area contributed by atoms with Gasteiger partial charge in [-0.1, -0.05) is 48.9 Å². The molecule has 5 nitrogen and oxygen atoms in total. The standard InChI is InChI=1S/C21H24N2O3/c1-3-17(16-12-10-15(2)11-13-16)22-20(24)9-6-14-23-18-7-4-5-8-19(18)26-21(23)25/h4-5,7-8,10-13,17H,3,6,9,14H2,1-2H3,(H,22,24)/t17-/m1/s1. The first-order valence-corrected chi connectivity index (χ1v) is 9.02. The van der Waals surface area contributed by atoms with Crippen molar-refractivity contribution in [2.75, 3.05) is 0 Å². The Labute approximate surface area is 152 Å². The van der Waals surface area contributed by atoms with E-state index in [2.05, 4.69) is 36.5 Å². The number of aromatic nitrogens is 1.